The number of hydrogen-bond acceptors (Lipinski definition) is 12. The minimum atomic E-state index is -1.48. The van der Waals surface area contributed by atoms with E-state index in [0.29, 0.717) is 0 Å². The zero-order valence-electron chi connectivity index (χ0n) is 20.7. The number of esters is 4. The molecule has 2 heterocycles. The van der Waals surface area contributed by atoms with Gasteiger partial charge in [-0.05, 0) is 55.4 Å². The van der Waals surface area contributed by atoms with E-state index in [9.17, 15) is 19.2 Å². The lowest BCUT2D eigenvalue weighted by molar-refractivity contribution is -0.167. The van der Waals surface area contributed by atoms with Crippen LogP contribution in [0.15, 0.2) is 0 Å². The molecule has 0 aliphatic carbocycles. The van der Waals surface area contributed by atoms with Gasteiger partial charge in [-0.25, -0.2) is 19.2 Å². The van der Waals surface area contributed by atoms with Crippen molar-refractivity contribution in [1.29, 1.82) is 0 Å². The van der Waals surface area contributed by atoms with E-state index in [4.69, 9.17) is 37.6 Å². The Kier molecular flexibility index (Phi) is 9.92. The maximum atomic E-state index is 12.5. The molecule has 0 aromatic rings. The molecule has 34 heavy (non-hydrogen) atoms. The van der Waals surface area contributed by atoms with Crippen molar-refractivity contribution < 1.29 is 56.7 Å². The lowest BCUT2D eigenvalue weighted by atomic mass is 9.49. The lowest BCUT2D eigenvalue weighted by Gasteiger charge is -2.18. The Balaban J connectivity index is 2.24. The number of ether oxygens (including phenoxy) is 4. The van der Waals surface area contributed by atoms with Crippen LogP contribution in [-0.4, -0.2) is 86.7 Å². The third kappa shape index (κ3) is 7.42. The first-order valence-electron chi connectivity index (χ1n) is 11.2. The number of rotatable bonds is 9. The highest BCUT2D eigenvalue weighted by atomic mass is 16.7. The molecule has 4 unspecified atom stereocenters. The van der Waals surface area contributed by atoms with E-state index in [2.05, 4.69) is 0 Å². The molecule has 0 amide bonds. The predicted molar refractivity (Wildman–Crippen MR) is 116 cm³/mol. The van der Waals surface area contributed by atoms with Crippen LogP contribution >= 0.6 is 0 Å². The highest BCUT2D eigenvalue weighted by Crippen LogP contribution is 2.28. The fourth-order valence-electron chi connectivity index (χ4n) is 3.10. The zero-order chi connectivity index (χ0) is 25.7. The second-order valence-corrected chi connectivity index (χ2v) is 8.91. The molecule has 0 spiro atoms. The Morgan fingerprint density at radius 2 is 0.647 bits per heavy atom. The van der Waals surface area contributed by atoms with Gasteiger partial charge in [0.05, 0.1) is 24.4 Å². The summed E-state index contributed by atoms with van der Waals surface area (Å²) in [5.74, 6) is -3.42. The van der Waals surface area contributed by atoms with Gasteiger partial charge in [-0.2, -0.15) is 0 Å². The van der Waals surface area contributed by atoms with Crippen LogP contribution in [0.25, 0.3) is 0 Å². The second-order valence-electron chi connectivity index (χ2n) is 8.91. The van der Waals surface area contributed by atoms with Crippen LogP contribution in [0.4, 0.5) is 0 Å². The van der Waals surface area contributed by atoms with Gasteiger partial charge in [-0.3, -0.25) is 0 Å². The summed E-state index contributed by atoms with van der Waals surface area (Å²) in [6.07, 6.45) is -7.85. The van der Waals surface area contributed by atoms with E-state index in [0.717, 1.165) is 0 Å². The van der Waals surface area contributed by atoms with E-state index >= 15 is 0 Å². The molecule has 0 bridgehead atoms. The maximum absolute atomic E-state index is 12.5. The number of hydrogen-bond donors (Lipinski definition) is 0. The summed E-state index contributed by atoms with van der Waals surface area (Å²) in [5.41, 5.74) is 0. The fourth-order valence-corrected chi connectivity index (χ4v) is 3.10. The van der Waals surface area contributed by atoms with Crippen molar-refractivity contribution in [3.8, 4) is 0 Å². The van der Waals surface area contributed by atoms with Gasteiger partial charge in [-0.1, -0.05) is 0 Å². The third-order valence-electron chi connectivity index (χ3n) is 4.23. The summed E-state index contributed by atoms with van der Waals surface area (Å²) in [7, 11) is -2.92. The van der Waals surface area contributed by atoms with E-state index in [1.807, 2.05) is 0 Å². The van der Waals surface area contributed by atoms with Crippen molar-refractivity contribution in [2.24, 2.45) is 0 Å². The minimum absolute atomic E-state index is 0.485. The van der Waals surface area contributed by atoms with Crippen molar-refractivity contribution >= 4 is 37.9 Å². The zero-order valence-corrected chi connectivity index (χ0v) is 20.7. The molecule has 2 saturated heterocycles. The van der Waals surface area contributed by atoms with Crippen LogP contribution in [0.1, 0.15) is 55.4 Å². The topological polar surface area (TPSA) is 142 Å². The van der Waals surface area contributed by atoms with E-state index in [1.54, 1.807) is 55.4 Å². The van der Waals surface area contributed by atoms with Gasteiger partial charge in [0.25, 0.3) is 0 Å². The Labute approximate surface area is 199 Å². The fraction of sp³-hybridized carbons (Fsp3) is 0.800. The van der Waals surface area contributed by atoms with Gasteiger partial charge in [-0.15, -0.1) is 0 Å². The van der Waals surface area contributed by atoms with E-state index < -0.39 is 86.7 Å². The van der Waals surface area contributed by atoms with E-state index in [-0.39, 0.29) is 0 Å². The molecule has 12 nitrogen and oxygen atoms in total. The molecule has 0 radical (unpaired) electrons. The average molecular weight is 486 g/mol. The molecule has 4 atom stereocenters. The largest absolute Gasteiger partial charge is 0.489 e. The van der Waals surface area contributed by atoms with Gasteiger partial charge >= 0.3 is 37.9 Å². The highest BCUT2D eigenvalue weighted by Gasteiger charge is 2.62. The molecule has 190 valence electrons. The van der Waals surface area contributed by atoms with Crippen molar-refractivity contribution in [1.82, 2.24) is 0 Å². The van der Waals surface area contributed by atoms with E-state index in [1.165, 1.54) is 0 Å². The first kappa shape index (κ1) is 28.1. The first-order chi connectivity index (χ1) is 15.8. The summed E-state index contributed by atoms with van der Waals surface area (Å²) in [4.78, 5) is 50.2. The smallest absolute Gasteiger partial charge is 0.461 e. The van der Waals surface area contributed by atoms with Crippen molar-refractivity contribution in [2.45, 2.75) is 104 Å². The van der Waals surface area contributed by atoms with Crippen LogP contribution in [-0.2, 0) is 56.7 Å². The summed E-state index contributed by atoms with van der Waals surface area (Å²) < 4.78 is 43.0. The molecule has 2 aliphatic heterocycles. The van der Waals surface area contributed by atoms with Crippen LogP contribution in [0.5, 0.6) is 0 Å². The lowest BCUT2D eigenvalue weighted by Crippen LogP contribution is -2.41. The Bertz CT molecular complexity index is 634. The SMILES string of the molecule is CC(C)OC(=O)C1OB(B2OC(C(=O)OC(C)C)C(C(=O)OC(C)C)O2)OC1C(=O)OC(C)C. The monoisotopic (exact) mass is 486 g/mol. The Hall–Kier alpha value is -2.15. The van der Waals surface area contributed by atoms with Gasteiger partial charge in [0.15, 0.2) is 24.4 Å². The van der Waals surface area contributed by atoms with Crippen molar-refractivity contribution in [3.05, 3.63) is 0 Å². The summed E-state index contributed by atoms with van der Waals surface area (Å²) in [5, 5.41) is 0. The molecule has 14 heteroatoms. The second kappa shape index (κ2) is 12.0. The molecule has 0 N–H and O–H groups in total. The molecular weight excluding hydrogens is 454 g/mol. The predicted octanol–water partition coefficient (Wildman–Crippen LogP) is 0.416. The minimum Gasteiger partial charge on any atom is -0.461 e. The molecule has 2 fully saturated rings. The van der Waals surface area contributed by atoms with Crippen LogP contribution in [0.3, 0.4) is 0 Å². The third-order valence-corrected chi connectivity index (χ3v) is 4.23. The quantitative estimate of drug-likeness (QED) is 0.253. The van der Waals surface area contributed by atoms with Crippen LogP contribution in [0, 0.1) is 0 Å². The van der Waals surface area contributed by atoms with Gasteiger partial charge in [0.2, 0.25) is 0 Å². The van der Waals surface area contributed by atoms with Gasteiger partial charge in [0.1, 0.15) is 0 Å². The molecule has 0 aromatic carbocycles. The molecular formula is C20H32B2O12. The summed E-state index contributed by atoms with van der Waals surface area (Å²) in [6, 6.07) is 0. The summed E-state index contributed by atoms with van der Waals surface area (Å²) in [6.45, 7) is 13.0. The van der Waals surface area contributed by atoms with Crippen LogP contribution in [0.2, 0.25) is 0 Å². The molecule has 2 aliphatic rings. The van der Waals surface area contributed by atoms with Gasteiger partial charge < -0.3 is 37.6 Å². The maximum Gasteiger partial charge on any atom is 0.489 e. The van der Waals surface area contributed by atoms with Crippen molar-refractivity contribution in [3.63, 3.8) is 0 Å². The standard InChI is InChI=1S/C20H32B2O12/c1-9(2)27-17(23)13-14(18(24)28-10(3)4)32-21(31-13)22-33-15(19(25)29-11(5)6)16(34-22)20(26)30-12(7)8/h9-16H,1-8H3. The molecule has 0 aromatic heterocycles. The molecule has 2 rings (SSSR count). The summed E-state index contributed by atoms with van der Waals surface area (Å²) >= 11 is 0. The van der Waals surface area contributed by atoms with Crippen molar-refractivity contribution in [2.75, 3.05) is 0 Å². The van der Waals surface area contributed by atoms with Crippen LogP contribution < -0.4 is 0 Å². The number of carbonyl (C=O) groups is 4. The Morgan fingerprint density at radius 3 is 0.794 bits per heavy atom. The Morgan fingerprint density at radius 1 is 0.471 bits per heavy atom. The van der Waals surface area contributed by atoms with Gasteiger partial charge in [0, 0.05) is 0 Å². The number of carbonyl (C=O) groups excluding carboxylic acids is 4. The normalized spacial score (nSPS) is 24.8. The molecule has 0 saturated carbocycles. The first-order valence-corrected chi connectivity index (χ1v) is 11.2. The highest BCUT2D eigenvalue weighted by molar-refractivity contribution is 7.11. The average Bonchev–Trinajstić information content (AvgIpc) is 3.31.